The third kappa shape index (κ3) is 1.84. The summed E-state index contributed by atoms with van der Waals surface area (Å²) in [5.41, 5.74) is 2.78. The van der Waals surface area contributed by atoms with Gasteiger partial charge in [0.2, 0.25) is 5.91 Å². The molecule has 1 aromatic rings. The van der Waals surface area contributed by atoms with Crippen molar-refractivity contribution in [3.8, 4) is 5.75 Å². The number of imide groups is 1. The zero-order valence-electron chi connectivity index (χ0n) is 11.9. The minimum absolute atomic E-state index is 0.0942. The number of carbonyl (C=O) groups is 3. The van der Waals surface area contributed by atoms with Gasteiger partial charge in [0.15, 0.2) is 5.71 Å². The molecule has 1 saturated heterocycles. The molecule has 1 N–H and O–H groups in total. The van der Waals surface area contributed by atoms with Gasteiger partial charge < -0.3 is 9.47 Å². The van der Waals surface area contributed by atoms with Crippen LogP contribution in [0.4, 0.5) is 5.69 Å². The Hall–Kier alpha value is -2.90. The van der Waals surface area contributed by atoms with Crippen LogP contribution in [0, 0.1) is 5.92 Å². The smallest absolute Gasteiger partial charge is 0.355 e. The molecule has 2 unspecified atom stereocenters. The Bertz CT molecular complexity index is 699. The van der Waals surface area contributed by atoms with Crippen LogP contribution in [-0.4, -0.2) is 43.8 Å². The maximum Gasteiger partial charge on any atom is 0.355 e. The van der Waals surface area contributed by atoms with E-state index in [9.17, 15) is 14.4 Å². The fraction of sp³-hybridized carbons (Fsp3) is 0.286. The fourth-order valence-corrected chi connectivity index (χ4v) is 2.61. The summed E-state index contributed by atoms with van der Waals surface area (Å²) in [7, 11) is 2.64. The highest BCUT2D eigenvalue weighted by Crippen LogP contribution is 2.35. The number of benzene rings is 1. The molecule has 2 atom stereocenters. The van der Waals surface area contributed by atoms with E-state index in [1.54, 1.807) is 24.3 Å². The number of carbonyl (C=O) groups excluding carboxylic acids is 3. The number of rotatable bonds is 3. The molecule has 0 aromatic heterocycles. The monoisotopic (exact) mass is 303 g/mol. The number of hydrazone groups is 1. The lowest BCUT2D eigenvalue weighted by Crippen LogP contribution is -2.36. The molecule has 8 nitrogen and oxygen atoms in total. The van der Waals surface area contributed by atoms with Crippen molar-refractivity contribution in [2.75, 3.05) is 19.1 Å². The third-order valence-corrected chi connectivity index (χ3v) is 3.65. The van der Waals surface area contributed by atoms with E-state index in [1.165, 1.54) is 14.2 Å². The van der Waals surface area contributed by atoms with E-state index in [-0.39, 0.29) is 5.71 Å². The molecule has 3 rings (SSSR count). The van der Waals surface area contributed by atoms with Crippen LogP contribution >= 0.6 is 0 Å². The second-order valence-corrected chi connectivity index (χ2v) is 4.76. The summed E-state index contributed by atoms with van der Waals surface area (Å²) in [6.07, 6.45) is 0. The van der Waals surface area contributed by atoms with Crippen molar-refractivity contribution in [2.24, 2.45) is 11.0 Å². The first kappa shape index (κ1) is 14.1. The number of hydrogen-bond donors (Lipinski definition) is 1. The molecule has 0 saturated carbocycles. The maximum atomic E-state index is 12.6. The molecule has 2 heterocycles. The van der Waals surface area contributed by atoms with Crippen molar-refractivity contribution in [1.29, 1.82) is 0 Å². The van der Waals surface area contributed by atoms with Crippen molar-refractivity contribution in [1.82, 2.24) is 5.43 Å². The van der Waals surface area contributed by atoms with Crippen LogP contribution in [0.3, 0.4) is 0 Å². The quantitative estimate of drug-likeness (QED) is 0.607. The van der Waals surface area contributed by atoms with Crippen molar-refractivity contribution < 1.29 is 23.9 Å². The number of amides is 2. The highest BCUT2D eigenvalue weighted by atomic mass is 16.5. The molecule has 0 aliphatic carbocycles. The number of methoxy groups -OCH3 is 2. The van der Waals surface area contributed by atoms with Gasteiger partial charge in [0, 0.05) is 0 Å². The van der Waals surface area contributed by atoms with Crippen molar-refractivity contribution in [2.45, 2.75) is 6.04 Å². The number of anilines is 1. The van der Waals surface area contributed by atoms with Crippen molar-refractivity contribution in [3.63, 3.8) is 0 Å². The van der Waals surface area contributed by atoms with E-state index < -0.39 is 29.7 Å². The first-order chi connectivity index (χ1) is 10.6. The molecule has 114 valence electrons. The second kappa shape index (κ2) is 5.14. The molecule has 1 fully saturated rings. The molecule has 2 amide bonds. The van der Waals surface area contributed by atoms with Gasteiger partial charge in [0.05, 0.1) is 19.9 Å². The SMILES string of the molecule is COC(=O)C1=NNC2C(=O)N(c3ccccc3OC)C(=O)C12. The lowest BCUT2D eigenvalue weighted by molar-refractivity contribution is -0.133. The Morgan fingerprint density at radius 3 is 2.64 bits per heavy atom. The first-order valence-corrected chi connectivity index (χ1v) is 6.52. The summed E-state index contributed by atoms with van der Waals surface area (Å²) in [6, 6.07) is 5.77. The van der Waals surface area contributed by atoms with E-state index in [1.807, 2.05) is 0 Å². The average Bonchev–Trinajstić information content (AvgIpc) is 3.08. The van der Waals surface area contributed by atoms with Gasteiger partial charge in [-0.25, -0.2) is 9.69 Å². The van der Waals surface area contributed by atoms with Crippen LogP contribution in [0.1, 0.15) is 0 Å². The molecule has 8 heteroatoms. The molecular weight excluding hydrogens is 290 g/mol. The summed E-state index contributed by atoms with van der Waals surface area (Å²) in [4.78, 5) is 37.8. The van der Waals surface area contributed by atoms with Crippen LogP contribution in [0.2, 0.25) is 0 Å². The molecule has 0 bridgehead atoms. The number of fused-ring (bicyclic) bond motifs is 1. The van der Waals surface area contributed by atoms with Gasteiger partial charge >= 0.3 is 5.97 Å². The van der Waals surface area contributed by atoms with Crippen molar-refractivity contribution in [3.05, 3.63) is 24.3 Å². The van der Waals surface area contributed by atoms with E-state index in [4.69, 9.17) is 4.74 Å². The van der Waals surface area contributed by atoms with Gasteiger partial charge in [-0.3, -0.25) is 15.0 Å². The fourth-order valence-electron chi connectivity index (χ4n) is 2.61. The highest BCUT2D eigenvalue weighted by molar-refractivity contribution is 6.46. The Labute approximate surface area is 125 Å². The maximum absolute atomic E-state index is 12.6. The predicted octanol–water partition coefficient (Wildman–Crippen LogP) is -0.315. The highest BCUT2D eigenvalue weighted by Gasteiger charge is 2.56. The van der Waals surface area contributed by atoms with Crippen LogP contribution in [0.25, 0.3) is 0 Å². The second-order valence-electron chi connectivity index (χ2n) is 4.76. The van der Waals surface area contributed by atoms with Gasteiger partial charge in [0.25, 0.3) is 5.91 Å². The molecular formula is C14H13N3O5. The zero-order valence-corrected chi connectivity index (χ0v) is 11.9. The van der Waals surface area contributed by atoms with Gasteiger partial charge in [-0.1, -0.05) is 12.1 Å². The minimum atomic E-state index is -0.982. The molecule has 2 aliphatic rings. The number of nitrogens with one attached hydrogen (secondary N) is 1. The van der Waals surface area contributed by atoms with Gasteiger partial charge in [0.1, 0.15) is 17.7 Å². The van der Waals surface area contributed by atoms with E-state index >= 15 is 0 Å². The number of hydrogen-bond acceptors (Lipinski definition) is 7. The third-order valence-electron chi connectivity index (χ3n) is 3.65. The van der Waals surface area contributed by atoms with E-state index in [2.05, 4.69) is 15.3 Å². The Kier molecular flexibility index (Phi) is 3.28. The number of ether oxygens (including phenoxy) is 2. The van der Waals surface area contributed by atoms with Crippen LogP contribution in [-0.2, 0) is 19.1 Å². The summed E-state index contributed by atoms with van der Waals surface area (Å²) in [6.45, 7) is 0. The van der Waals surface area contributed by atoms with E-state index in [0.717, 1.165) is 4.90 Å². The van der Waals surface area contributed by atoms with Gasteiger partial charge in [-0.2, -0.15) is 5.10 Å². The largest absolute Gasteiger partial charge is 0.495 e. The first-order valence-electron chi connectivity index (χ1n) is 6.52. The lowest BCUT2D eigenvalue weighted by Gasteiger charge is -2.18. The van der Waals surface area contributed by atoms with Gasteiger partial charge in [-0.15, -0.1) is 0 Å². The molecule has 1 aromatic carbocycles. The van der Waals surface area contributed by atoms with Crippen LogP contribution in [0.5, 0.6) is 5.75 Å². The summed E-state index contributed by atoms with van der Waals surface area (Å²) >= 11 is 0. The number of nitrogens with zero attached hydrogens (tertiary/aromatic N) is 2. The lowest BCUT2D eigenvalue weighted by atomic mass is 9.99. The zero-order chi connectivity index (χ0) is 15.9. The number of para-hydroxylation sites is 2. The Morgan fingerprint density at radius 1 is 1.23 bits per heavy atom. The predicted molar refractivity (Wildman–Crippen MR) is 75.4 cm³/mol. The van der Waals surface area contributed by atoms with Crippen LogP contribution in [0.15, 0.2) is 29.4 Å². The topological polar surface area (TPSA) is 97.3 Å². The minimum Gasteiger partial charge on any atom is -0.495 e. The van der Waals surface area contributed by atoms with Crippen molar-refractivity contribution >= 4 is 29.2 Å². The standard InChI is InChI=1S/C14H13N3O5/c1-21-8-6-4-3-5-7(8)17-12(18)9-10(13(17)19)15-16-11(9)14(20)22-2/h3-6,9-10,15H,1-2H3. The Balaban J connectivity index is 2.00. The normalized spacial score (nSPS) is 23.0. The Morgan fingerprint density at radius 2 is 1.95 bits per heavy atom. The summed E-state index contributed by atoms with van der Waals surface area (Å²) in [5, 5.41) is 3.76. The molecule has 2 aliphatic heterocycles. The molecule has 22 heavy (non-hydrogen) atoms. The van der Waals surface area contributed by atoms with Gasteiger partial charge in [-0.05, 0) is 12.1 Å². The average molecular weight is 303 g/mol. The molecule has 0 spiro atoms. The molecule has 0 radical (unpaired) electrons. The summed E-state index contributed by atoms with van der Waals surface area (Å²) in [5.74, 6) is -2.34. The summed E-state index contributed by atoms with van der Waals surface area (Å²) < 4.78 is 9.78. The van der Waals surface area contributed by atoms with E-state index in [0.29, 0.717) is 11.4 Å². The number of esters is 1. The van der Waals surface area contributed by atoms with Crippen LogP contribution < -0.4 is 15.1 Å².